The first-order valence-electron chi connectivity index (χ1n) is 8.33. The summed E-state index contributed by atoms with van der Waals surface area (Å²) in [6, 6.07) is 2.25. The second-order valence-electron chi connectivity index (χ2n) is 6.13. The number of rotatable bonds is 4. The summed E-state index contributed by atoms with van der Waals surface area (Å²) in [4.78, 5) is 25.3. The molecule has 130 valence electrons. The molecule has 0 bridgehead atoms. The van der Waals surface area contributed by atoms with Crippen molar-refractivity contribution < 1.29 is 4.79 Å². The number of hydrogen-bond donors (Lipinski definition) is 0. The molecule has 1 saturated heterocycles. The van der Waals surface area contributed by atoms with Gasteiger partial charge in [-0.2, -0.15) is 10.4 Å². The lowest BCUT2D eigenvalue weighted by molar-refractivity contribution is 0.0725. The average Bonchev–Trinajstić information content (AvgIpc) is 3.00. The van der Waals surface area contributed by atoms with Gasteiger partial charge in [0.05, 0.1) is 37.0 Å². The van der Waals surface area contributed by atoms with Gasteiger partial charge in [-0.05, 0) is 13.8 Å². The highest BCUT2D eigenvalue weighted by atomic mass is 16.2. The van der Waals surface area contributed by atoms with E-state index in [9.17, 15) is 4.79 Å². The van der Waals surface area contributed by atoms with E-state index in [1.54, 1.807) is 29.5 Å². The zero-order valence-corrected chi connectivity index (χ0v) is 14.5. The number of anilines is 1. The van der Waals surface area contributed by atoms with Crippen molar-refractivity contribution in [2.24, 2.45) is 0 Å². The van der Waals surface area contributed by atoms with Gasteiger partial charge in [0.2, 0.25) is 0 Å². The summed E-state index contributed by atoms with van der Waals surface area (Å²) in [7, 11) is 0. The van der Waals surface area contributed by atoms with Gasteiger partial charge < -0.3 is 9.80 Å². The molecule has 0 N–H and O–H groups in total. The van der Waals surface area contributed by atoms with Crippen LogP contribution in [0.15, 0.2) is 24.8 Å². The molecule has 8 nitrogen and oxygen atoms in total. The molecule has 1 amide bonds. The molecule has 0 radical (unpaired) electrons. The molecule has 1 aliphatic rings. The standard InChI is InChI=1S/C17H21N7O/c1-13-12-22(8-9-23(13)16-11-19-5-6-20-16)17(25)15-10-21-24(14(15)2)7-3-4-18/h5-6,10-11,13H,3,7-9,12H2,1-2H3. The third kappa shape index (κ3) is 3.45. The molecule has 3 heterocycles. The van der Waals surface area contributed by atoms with Crippen LogP contribution in [-0.4, -0.2) is 56.2 Å². The molecule has 0 aromatic carbocycles. The van der Waals surface area contributed by atoms with E-state index in [2.05, 4.69) is 33.0 Å². The van der Waals surface area contributed by atoms with E-state index < -0.39 is 0 Å². The predicted octanol–water partition coefficient (Wildman–Crippen LogP) is 1.25. The van der Waals surface area contributed by atoms with Gasteiger partial charge in [0.15, 0.2) is 0 Å². The van der Waals surface area contributed by atoms with E-state index in [0.717, 1.165) is 11.5 Å². The Hall–Kier alpha value is -2.95. The van der Waals surface area contributed by atoms with E-state index in [4.69, 9.17) is 5.26 Å². The molecular formula is C17H21N7O. The Morgan fingerprint density at radius 2 is 2.20 bits per heavy atom. The smallest absolute Gasteiger partial charge is 0.257 e. The third-order valence-corrected chi connectivity index (χ3v) is 4.53. The van der Waals surface area contributed by atoms with Crippen LogP contribution in [0.25, 0.3) is 0 Å². The predicted molar refractivity (Wildman–Crippen MR) is 91.9 cm³/mol. The number of nitriles is 1. The summed E-state index contributed by atoms with van der Waals surface area (Å²) >= 11 is 0. The number of carbonyl (C=O) groups excluding carboxylic acids is 1. The lowest BCUT2D eigenvalue weighted by Gasteiger charge is -2.40. The van der Waals surface area contributed by atoms with Gasteiger partial charge in [0.1, 0.15) is 5.82 Å². The van der Waals surface area contributed by atoms with Crippen molar-refractivity contribution in [3.8, 4) is 6.07 Å². The van der Waals surface area contributed by atoms with Crippen molar-refractivity contribution in [3.63, 3.8) is 0 Å². The topological polar surface area (TPSA) is 90.9 Å². The summed E-state index contributed by atoms with van der Waals surface area (Å²) in [5, 5.41) is 12.9. The van der Waals surface area contributed by atoms with Gasteiger partial charge in [-0.15, -0.1) is 0 Å². The first-order chi connectivity index (χ1) is 12.1. The van der Waals surface area contributed by atoms with Crippen molar-refractivity contribution in [3.05, 3.63) is 36.0 Å². The van der Waals surface area contributed by atoms with Crippen molar-refractivity contribution in [1.82, 2.24) is 24.6 Å². The molecule has 1 fully saturated rings. The largest absolute Gasteiger partial charge is 0.349 e. The number of nitrogens with zero attached hydrogens (tertiary/aromatic N) is 7. The summed E-state index contributed by atoms with van der Waals surface area (Å²) in [5.41, 5.74) is 1.42. The summed E-state index contributed by atoms with van der Waals surface area (Å²) < 4.78 is 1.72. The van der Waals surface area contributed by atoms with Crippen LogP contribution in [0.4, 0.5) is 5.82 Å². The molecule has 1 aliphatic heterocycles. The molecule has 1 unspecified atom stereocenters. The molecule has 3 rings (SSSR count). The van der Waals surface area contributed by atoms with Crippen LogP contribution in [0.5, 0.6) is 0 Å². The minimum Gasteiger partial charge on any atom is -0.349 e. The van der Waals surface area contributed by atoms with Gasteiger partial charge >= 0.3 is 0 Å². The van der Waals surface area contributed by atoms with Crippen LogP contribution in [-0.2, 0) is 6.54 Å². The lowest BCUT2D eigenvalue weighted by atomic mass is 10.1. The maximum Gasteiger partial charge on any atom is 0.257 e. The number of hydrogen-bond acceptors (Lipinski definition) is 6. The average molecular weight is 339 g/mol. The Labute approximate surface area is 146 Å². The number of aromatic nitrogens is 4. The Kier molecular flexibility index (Phi) is 4.93. The molecule has 2 aromatic heterocycles. The molecule has 0 aliphatic carbocycles. The number of carbonyl (C=O) groups is 1. The molecule has 0 spiro atoms. The van der Waals surface area contributed by atoms with Crippen LogP contribution in [0.1, 0.15) is 29.4 Å². The second kappa shape index (κ2) is 7.30. The monoisotopic (exact) mass is 339 g/mol. The van der Waals surface area contributed by atoms with Crippen molar-refractivity contribution in [2.45, 2.75) is 32.9 Å². The maximum absolute atomic E-state index is 12.9. The number of amides is 1. The first kappa shape index (κ1) is 16.9. The van der Waals surface area contributed by atoms with Crippen molar-refractivity contribution >= 4 is 11.7 Å². The fourth-order valence-electron chi connectivity index (χ4n) is 3.13. The number of aryl methyl sites for hydroxylation is 1. The summed E-state index contributed by atoms with van der Waals surface area (Å²) in [5.74, 6) is 0.828. The second-order valence-corrected chi connectivity index (χ2v) is 6.13. The van der Waals surface area contributed by atoms with Gasteiger partial charge in [0, 0.05) is 43.8 Å². The van der Waals surface area contributed by atoms with Crippen molar-refractivity contribution in [1.29, 1.82) is 5.26 Å². The van der Waals surface area contributed by atoms with Crippen LogP contribution in [0, 0.1) is 18.3 Å². The fraction of sp³-hybridized carbons (Fsp3) is 0.471. The van der Waals surface area contributed by atoms with Crippen LogP contribution < -0.4 is 4.90 Å². The van der Waals surface area contributed by atoms with Crippen LogP contribution in [0.3, 0.4) is 0 Å². The Morgan fingerprint density at radius 3 is 2.88 bits per heavy atom. The normalized spacial score (nSPS) is 17.4. The molecule has 25 heavy (non-hydrogen) atoms. The number of piperazine rings is 1. The molecule has 8 heteroatoms. The summed E-state index contributed by atoms with van der Waals surface area (Å²) in [6.45, 7) is 6.43. The minimum absolute atomic E-state index is 0.00801. The Morgan fingerprint density at radius 1 is 1.36 bits per heavy atom. The van der Waals surface area contributed by atoms with Gasteiger partial charge in [-0.3, -0.25) is 14.5 Å². The Bertz CT molecular complexity index is 780. The van der Waals surface area contributed by atoms with Gasteiger partial charge in [-0.25, -0.2) is 4.98 Å². The van der Waals surface area contributed by atoms with E-state index in [1.807, 2.05) is 11.8 Å². The van der Waals surface area contributed by atoms with E-state index in [-0.39, 0.29) is 11.9 Å². The molecule has 0 saturated carbocycles. The van der Waals surface area contributed by atoms with E-state index in [0.29, 0.717) is 38.2 Å². The van der Waals surface area contributed by atoms with E-state index >= 15 is 0 Å². The van der Waals surface area contributed by atoms with Crippen LogP contribution >= 0.6 is 0 Å². The van der Waals surface area contributed by atoms with Crippen LogP contribution in [0.2, 0.25) is 0 Å². The third-order valence-electron chi connectivity index (χ3n) is 4.53. The fourth-order valence-corrected chi connectivity index (χ4v) is 3.13. The van der Waals surface area contributed by atoms with Crippen molar-refractivity contribution in [2.75, 3.05) is 24.5 Å². The van der Waals surface area contributed by atoms with E-state index in [1.165, 1.54) is 0 Å². The highest BCUT2D eigenvalue weighted by molar-refractivity contribution is 5.95. The van der Waals surface area contributed by atoms with Gasteiger partial charge in [0.25, 0.3) is 5.91 Å². The maximum atomic E-state index is 12.9. The summed E-state index contributed by atoms with van der Waals surface area (Å²) in [6.07, 6.45) is 7.06. The zero-order chi connectivity index (χ0) is 17.8. The van der Waals surface area contributed by atoms with Gasteiger partial charge in [-0.1, -0.05) is 0 Å². The zero-order valence-electron chi connectivity index (χ0n) is 14.5. The molecular weight excluding hydrogens is 318 g/mol. The first-order valence-corrected chi connectivity index (χ1v) is 8.33. The lowest BCUT2D eigenvalue weighted by Crippen LogP contribution is -2.54. The SMILES string of the molecule is Cc1c(C(=O)N2CCN(c3cnccn3)C(C)C2)cnn1CCC#N. The molecule has 1 atom stereocenters. The quantitative estimate of drug-likeness (QED) is 0.832. The minimum atomic E-state index is -0.00801. The highest BCUT2D eigenvalue weighted by Gasteiger charge is 2.29. The highest BCUT2D eigenvalue weighted by Crippen LogP contribution is 2.19. The Balaban J connectivity index is 1.69. The molecule has 2 aromatic rings.